The summed E-state index contributed by atoms with van der Waals surface area (Å²) in [6.45, 7) is 0.278. The molecule has 77 heteroatoms. The summed E-state index contributed by atoms with van der Waals surface area (Å²) < 4.78 is 25.9. The van der Waals surface area contributed by atoms with Crippen LogP contribution in [0.3, 0.4) is 0 Å². The van der Waals surface area contributed by atoms with E-state index in [0.717, 1.165) is 23.8 Å². The first-order valence-electron chi connectivity index (χ1n) is 43.1. The van der Waals surface area contributed by atoms with Gasteiger partial charge in [0.15, 0.2) is 33.9 Å². The number of ketones is 1. The molecule has 3 atom stereocenters. The number of aromatic carboxylic acids is 1. The van der Waals surface area contributed by atoms with Crippen molar-refractivity contribution in [2.45, 2.75) is 42.7 Å². The van der Waals surface area contributed by atoms with Gasteiger partial charge in [0.1, 0.15) is 28.5 Å². The minimum absolute atomic E-state index is 0.0440. The van der Waals surface area contributed by atoms with Crippen molar-refractivity contribution in [3.8, 4) is 29.6 Å². The van der Waals surface area contributed by atoms with Gasteiger partial charge < -0.3 is 59.4 Å². The van der Waals surface area contributed by atoms with Crippen LogP contribution in [0, 0.1) is 12.3 Å². The molecule has 6 aromatic rings. The molecule has 3 saturated heterocycles. The summed E-state index contributed by atoms with van der Waals surface area (Å²) in [5.74, 6) is -2.03. The van der Waals surface area contributed by atoms with E-state index >= 15 is 0 Å². The van der Waals surface area contributed by atoms with Crippen LogP contribution in [0.5, 0.6) is 17.2 Å². The molecule has 7 aliphatic heterocycles. The number of benzene rings is 3. The molecule has 7 N–H and O–H groups in total. The fourth-order valence-electron chi connectivity index (χ4n) is 18.6. The molecule has 0 bridgehead atoms. The van der Waals surface area contributed by atoms with Gasteiger partial charge in [-0.1, -0.05) is 24.1 Å². The smallest absolute Gasteiger partial charge is 0.363 e. The maximum absolute atomic E-state index is 13.2. The minimum Gasteiger partial charge on any atom is -0.497 e. The molecule has 47 radical (unpaired) electrons. The summed E-state index contributed by atoms with van der Waals surface area (Å²) in [5, 5.41) is 22.4. The Hall–Kier alpha value is -9.48. The summed E-state index contributed by atoms with van der Waals surface area (Å²) in [5.41, 5.74) is -0.847. The Bertz CT molecular complexity index is 5660. The summed E-state index contributed by atoms with van der Waals surface area (Å²) in [6.07, 6.45) is -14.4. The van der Waals surface area contributed by atoms with Crippen LogP contribution in [0.15, 0.2) is 120 Å². The first-order valence-corrected chi connectivity index (χ1v) is 43.9. The molecular weight excluding hydrogens is 1810 g/mol. The number of nitrogens with one attached hydrogen (secondary N) is 6. The second-order valence-electron chi connectivity index (χ2n) is 34.1. The van der Waals surface area contributed by atoms with Gasteiger partial charge in [0, 0.05) is 380 Å². The number of imide groups is 3. The number of pyridine rings is 3. The van der Waals surface area contributed by atoms with Gasteiger partial charge in [-0.2, -0.15) is 0 Å². The lowest BCUT2D eigenvalue weighted by Gasteiger charge is -2.56. The second-order valence-corrected chi connectivity index (χ2v) is 35.0. The van der Waals surface area contributed by atoms with E-state index in [0.29, 0.717) is 50.5 Å². The maximum Gasteiger partial charge on any atom is 0.363 e. The minimum atomic E-state index is -1.72. The zero-order valence-electron chi connectivity index (χ0n) is 76.8. The molecule has 0 saturated carbocycles. The highest BCUT2D eigenvalue weighted by Crippen LogP contribution is 2.37. The third-order valence-electron chi connectivity index (χ3n) is 25.0. The summed E-state index contributed by atoms with van der Waals surface area (Å²) in [6, 6.07) is 22.7. The van der Waals surface area contributed by atoms with Gasteiger partial charge in [0.25, 0.3) is 35.4 Å². The van der Waals surface area contributed by atoms with E-state index in [-0.39, 0.29) is 78.8 Å². The molecule has 141 heavy (non-hydrogen) atoms. The van der Waals surface area contributed by atoms with E-state index in [1.54, 1.807) is 78.9 Å². The Kier molecular flexibility index (Phi) is 40.7. The van der Waals surface area contributed by atoms with Crippen LogP contribution in [0.1, 0.15) is 102 Å². The van der Waals surface area contributed by atoms with Gasteiger partial charge in [0.05, 0.1) is 63.7 Å². The number of fused-ring (bicyclic) bond motifs is 4. The molecule has 625 valence electrons. The molecule has 13 rings (SSSR count). The Morgan fingerprint density at radius 2 is 0.858 bits per heavy atom. The van der Waals surface area contributed by atoms with Crippen molar-refractivity contribution >= 4 is 418 Å². The number of aromatic nitrogens is 3. The number of esters is 2. The van der Waals surface area contributed by atoms with E-state index < -0.39 is 217 Å². The second kappa shape index (κ2) is 49.9. The van der Waals surface area contributed by atoms with Gasteiger partial charge in [-0.05, 0) is 111 Å². The Morgan fingerprint density at radius 1 is 0.475 bits per heavy atom. The average molecular weight is 1860 g/mol. The Labute approximate surface area is 866 Å². The number of halogens is 1. The lowest BCUT2D eigenvalue weighted by molar-refractivity contribution is -0.124. The van der Waals surface area contributed by atoms with Crippen LogP contribution in [0.4, 0.5) is 14.4 Å². The number of cyclic esters (lactones) is 1. The molecule has 0 unspecified atom stereocenters. The van der Waals surface area contributed by atoms with Gasteiger partial charge in [-0.25, -0.2) is 43.7 Å². The quantitative estimate of drug-likeness (QED) is 0.00631. The van der Waals surface area contributed by atoms with Crippen molar-refractivity contribution in [1.29, 1.82) is 0 Å². The van der Waals surface area contributed by atoms with E-state index in [1.165, 1.54) is 79.9 Å². The highest BCUT2D eigenvalue weighted by Gasteiger charge is 2.60. The third-order valence-corrected chi connectivity index (χ3v) is 25.6. The van der Waals surface area contributed by atoms with Crippen LogP contribution in [-0.2, 0) is 43.5 Å². The number of carboxylic acids is 1. The largest absolute Gasteiger partial charge is 0.497 e. The third kappa shape index (κ3) is 26.4. The molecule has 12 amide bonds. The van der Waals surface area contributed by atoms with Gasteiger partial charge in [-0.3, -0.25) is 49.5 Å². The first kappa shape index (κ1) is 115. The summed E-state index contributed by atoms with van der Waals surface area (Å²) in [4.78, 5) is 175. The maximum atomic E-state index is 13.2. The highest BCUT2D eigenvalue weighted by molar-refractivity contribution is 9.10. The molecule has 10 heterocycles. The Morgan fingerprint density at radius 3 is 1.22 bits per heavy atom. The molecule has 3 aromatic heterocycles. The lowest BCUT2D eigenvalue weighted by Crippen LogP contribution is -2.94. The zero-order valence-corrected chi connectivity index (χ0v) is 78.4. The van der Waals surface area contributed by atoms with Crippen molar-refractivity contribution in [1.82, 2.24) is 61.6 Å². The van der Waals surface area contributed by atoms with Crippen LogP contribution >= 0.6 is 15.9 Å². The molecule has 7 aliphatic rings. The number of amides is 12. The lowest BCUT2D eigenvalue weighted by atomic mass is 8.26. The number of carbonyl (C=O) groups is 13. The monoisotopic (exact) mass is 1870 g/mol. The number of Topliss-reactive ketones (excluding diaryl/α,β-unsaturated/α-hetero) is 1. The first-order chi connectivity index (χ1) is 66.4. The number of nitrogens with zero attached hydrogens (tertiary/aromatic N) is 6. The fraction of sp³-hybridized carbons (Fsp3) is 0.219. The fourth-order valence-corrected chi connectivity index (χ4v) is 19.0. The van der Waals surface area contributed by atoms with Crippen molar-refractivity contribution in [3.63, 3.8) is 0 Å². The number of hydrogen-bond donors (Lipinski definition) is 7. The van der Waals surface area contributed by atoms with Crippen molar-refractivity contribution in [2.75, 3.05) is 48.1 Å². The number of rotatable bonds is 36. The SMILES string of the molecule is C#C[C@]1(CN2Cc3ccc(OC)cc3C2=O)NC(=O)NC1=O.COC(=O)c1ncccc1C(=O)C[C@]1(CN2Cc3ccc(OC)cc3C2=O)NC(=O)NC1=O.COc1ccc2c(c1)C(=O)N(C[C@@]1(/C=C3/OC(=O)c4ncccc43)NC(=O)NC1=O)C2.O=C(O)c1ncccc1Br.[B][B]B(B([B])[B])B(B(B([B])[B])B([B])[B])B(B(B(B([B])[B])B([B])[B])B(B([B])[B])B([B])[B])B(B(B([B])[B])B([B])[B])B(B([B])[B])B([B])[B]. The molecule has 0 aliphatic carbocycles. The number of carbonyl (C=O) groups excluding carboxylic acids is 12. The average Bonchev–Trinajstić information content (AvgIpc) is 1.73. The van der Waals surface area contributed by atoms with E-state index in [2.05, 4.69) is 73.4 Å². The van der Waals surface area contributed by atoms with E-state index in [4.69, 9.17) is 208 Å². The number of hydrogen-bond acceptors (Lipinski definition) is 21. The van der Waals surface area contributed by atoms with E-state index in [1.807, 2.05) is 0 Å². The van der Waals surface area contributed by atoms with Gasteiger partial charge in [-0.15, -0.1) is 6.42 Å². The van der Waals surface area contributed by atoms with Gasteiger partial charge >= 0.3 is 36.0 Å². The number of methoxy groups -OCH3 is 4. The predicted molar refractivity (Wildman–Crippen MR) is 590 cm³/mol. The van der Waals surface area contributed by atoms with Crippen LogP contribution in [0.25, 0.3) is 5.76 Å². The molecule has 3 aromatic carbocycles. The molecule has 3 fully saturated rings. The normalized spacial score (nSPS) is 16.8. The molecule has 31 nitrogen and oxygen atoms in total. The van der Waals surface area contributed by atoms with Crippen molar-refractivity contribution in [3.05, 3.63) is 182 Å². The van der Waals surface area contributed by atoms with Crippen LogP contribution < -0.4 is 46.1 Å². The van der Waals surface area contributed by atoms with Crippen LogP contribution in [0.2, 0.25) is 0 Å². The number of terminal acetylenes is 1. The number of carboxylic acid groups (broad SMARTS) is 1. The zero-order chi connectivity index (χ0) is 105. The highest BCUT2D eigenvalue weighted by atomic mass is 79.9. The number of ether oxygens (including phenoxy) is 5. The standard InChI is InChI=1S/C22H20N4O7.C21H16N4O6.C15H13N3O4.C6H4BrNO2.B45/c1-32-13-6-5-12-10-26(18(28)15(12)8-13)11-22(20(30)24-21(31)25-22)9-16(27)14-4-3-7-23-17(14)19(29)33-2;1-30-12-5-4-11-9-25(17(26)14(11)7-12)10-21(19(28)23-20(29)24-21)8-15-13-3-2-6-22-16(13)18(27)31-15;1-3-15(13(20)16-14(21)17-15)8-18-7-9-4-5-10(22-2)6-11(9)12(18)19;7-4-2-1-3-8-5(4)6(9)10;1-24-36(25(2)3)42(37(26(4)5)27(6)7)45(43(38(28(8)9)29(10)11)39(30(12)13)31(14)15)44(40(32(16)17)33(18)19)41(34(20)21)35(22)23/h3-8H,9-11H2,1-2H3,(H2,24,25,30,31);2-8H,9-10H2,1H3,(H2,23,24,28,29);1,4-6H,7-8H2,2H3,(H2,16,17,20,21);1-3H,(H,9,10);/b;15-8+;;;/t22-;21-;15-;;/m111../s1. The predicted octanol–water partition coefficient (Wildman–Crippen LogP) is -14.2. The van der Waals surface area contributed by atoms with Crippen LogP contribution in [-0.4, -0.2) is 496 Å². The van der Waals surface area contributed by atoms with Crippen molar-refractivity contribution in [2.24, 2.45) is 0 Å². The summed E-state index contributed by atoms with van der Waals surface area (Å²) in [7, 11) is 153. The summed E-state index contributed by atoms with van der Waals surface area (Å²) >= 11 is 3.05. The number of urea groups is 3. The molecule has 0 spiro atoms. The van der Waals surface area contributed by atoms with Gasteiger partial charge in [0.2, 0.25) is 0 Å². The van der Waals surface area contributed by atoms with E-state index in [9.17, 15) is 62.3 Å². The Balaban J connectivity index is 0.000000207. The topological polar surface area (TPSA) is 409 Å². The molecular formula is C64H53B45BrN12O19. The van der Waals surface area contributed by atoms with Crippen molar-refractivity contribution < 1.29 is 91.1 Å².